The first-order valence-electron chi connectivity index (χ1n) is 27.8. The predicted octanol–water partition coefficient (Wildman–Crippen LogP) is 8.36. The highest BCUT2D eigenvalue weighted by Gasteiger charge is 2.70. The Labute approximate surface area is 431 Å². The number of halogens is 2. The summed E-state index contributed by atoms with van der Waals surface area (Å²) in [6, 6.07) is 0. The Kier molecular flexibility index (Phi) is 14.7. The quantitative estimate of drug-likeness (QED) is 0.222. The van der Waals surface area contributed by atoms with Crippen molar-refractivity contribution in [1.29, 1.82) is 0 Å². The lowest BCUT2D eigenvalue weighted by molar-refractivity contribution is -0.191. The molecule has 0 aromatic rings. The minimum Gasteiger partial charge on any atom is -0.445 e. The van der Waals surface area contributed by atoms with Crippen molar-refractivity contribution < 1.29 is 56.9 Å². The van der Waals surface area contributed by atoms with Gasteiger partial charge in [-0.2, -0.15) is 0 Å². The molecule has 4 aliphatic heterocycles. The standard InChI is InChI=1S/C29H43FN2O5.C28H41FN2O5/c1-17-6-9-29-10-7-21(36-5)23(29)28(17,4)22(14-27(3,11-12-30)24(33)18(29)2)37-26(35)31-25(34)20-16-32-13-8-19(20)15-32;1-16-5-8-28-9-6-20(32)22(28)27(16,4)21(13-26(3,10-11-29)23(33)17(28)2)36-25(35)30-24(34)19-15-31-12-7-18(19)14-31/h11-12,17-23H,6-10,13-16H2,1-5H3,(H,31,34,35);10-11,16-19,21-23,33H,5-9,12-15H2,1-4H3,(H,30,34,35)/b12-11-;11-10-/t17-,18+,19-,20+,21-,22-,23?,27-,28+,29?;16-,17+,18-,19+,21-,22?,23+,26-,27+,28?/m11/s1. The van der Waals surface area contributed by atoms with Gasteiger partial charge in [-0.25, -0.2) is 18.4 Å². The molecule has 73 heavy (non-hydrogen) atoms. The summed E-state index contributed by atoms with van der Waals surface area (Å²) in [7, 11) is 1.72. The summed E-state index contributed by atoms with van der Waals surface area (Å²) in [5.41, 5.74) is -4.03. The highest BCUT2D eigenvalue weighted by Crippen LogP contribution is 2.70. The number of allylic oxidation sites excluding steroid dienone is 1. The first-order valence-corrected chi connectivity index (χ1v) is 27.8. The van der Waals surface area contributed by atoms with Gasteiger partial charge >= 0.3 is 12.2 Å². The SMILES string of the molecule is CO[C@@H]1CCC23CC[C@@H](C)[C@](C)(C12)[C@H](OC(=O)NC(=O)[C@H]1CN2CC[C@@H]1C2)C[C@@](C)(/C=C\F)C(=O)[C@@H]3C.C[C@@H]1CCC23CCC(=O)C2[C@]1(C)[C@H](OC(=O)NC(=O)[C@H]1CN2CC[C@@H]1C2)C[C@@](C)(/C=C\F)[C@@H](O)[C@@H]3C. The third-order valence-corrected chi connectivity index (χ3v) is 23.1. The molecule has 22 atom stereocenters. The number of ketones is 2. The zero-order valence-corrected chi connectivity index (χ0v) is 44.9. The van der Waals surface area contributed by atoms with Crippen molar-refractivity contribution in [2.45, 2.75) is 157 Å². The third-order valence-electron chi connectivity index (χ3n) is 23.1. The second-order valence-corrected chi connectivity index (χ2v) is 26.1. The van der Waals surface area contributed by atoms with Gasteiger partial charge in [-0.05, 0) is 137 Å². The van der Waals surface area contributed by atoms with Gasteiger partial charge in [0.15, 0.2) is 0 Å². The van der Waals surface area contributed by atoms with Crippen molar-refractivity contribution in [2.75, 3.05) is 46.4 Å². The number of hydrogen-bond acceptors (Lipinski definition) is 12. The average Bonchev–Trinajstić information content (AvgIpc) is 4.24. The molecule has 6 unspecified atom stereocenters. The lowest BCUT2D eigenvalue weighted by atomic mass is 9.44. The normalized spacial score (nSPS) is 49.5. The summed E-state index contributed by atoms with van der Waals surface area (Å²) in [5.74, 6) is -0.900. The van der Waals surface area contributed by atoms with Crippen molar-refractivity contribution in [2.24, 2.45) is 91.7 Å². The number of rotatable bonds is 7. The lowest BCUT2D eigenvalue weighted by Crippen LogP contribution is -2.63. The van der Waals surface area contributed by atoms with Crippen LogP contribution in [-0.4, -0.2) is 121 Å². The minimum atomic E-state index is -1.12. The first-order chi connectivity index (χ1) is 34.5. The Bertz CT molecular complexity index is 2260. The van der Waals surface area contributed by atoms with E-state index in [0.717, 1.165) is 77.5 Å². The van der Waals surface area contributed by atoms with Gasteiger partial charge in [0.1, 0.15) is 23.8 Å². The molecule has 0 aromatic carbocycles. The number of nitrogens with one attached hydrogen (secondary N) is 2. The van der Waals surface area contributed by atoms with Crippen LogP contribution in [0.4, 0.5) is 18.4 Å². The Hall–Kier alpha value is -3.60. The molecule has 10 rings (SSSR count). The number of hydrogen-bond donors (Lipinski definition) is 3. The second kappa shape index (κ2) is 19.8. The number of carbonyl (C=O) groups is 6. The van der Waals surface area contributed by atoms with Crippen molar-refractivity contribution >= 4 is 35.6 Å². The molecule has 0 spiro atoms. The van der Waals surface area contributed by atoms with Crippen LogP contribution in [0.3, 0.4) is 0 Å². The molecule has 0 radical (unpaired) electrons. The van der Waals surface area contributed by atoms with Crippen molar-refractivity contribution in [3.63, 3.8) is 0 Å². The van der Waals surface area contributed by atoms with E-state index < -0.39 is 57.6 Å². The molecule has 0 aromatic heterocycles. The highest BCUT2D eigenvalue weighted by atomic mass is 19.1. The van der Waals surface area contributed by atoms with Crippen molar-refractivity contribution in [1.82, 2.24) is 20.4 Å². The van der Waals surface area contributed by atoms with E-state index in [1.165, 1.54) is 12.2 Å². The van der Waals surface area contributed by atoms with E-state index >= 15 is 0 Å². The van der Waals surface area contributed by atoms with E-state index in [1.807, 2.05) is 20.8 Å². The summed E-state index contributed by atoms with van der Waals surface area (Å²) in [5, 5.41) is 16.6. The number of piperidine rings is 2. The number of methoxy groups -OCH3 is 1. The van der Waals surface area contributed by atoms with E-state index in [-0.39, 0.29) is 107 Å². The topological polar surface area (TPSA) is 181 Å². The van der Waals surface area contributed by atoms with E-state index in [4.69, 9.17) is 14.2 Å². The van der Waals surface area contributed by atoms with E-state index in [9.17, 15) is 42.7 Å². The van der Waals surface area contributed by atoms with Crippen molar-refractivity contribution in [3.05, 3.63) is 24.8 Å². The Morgan fingerprint density at radius 1 is 0.685 bits per heavy atom. The number of nitrogens with zero attached hydrogens (tertiary/aromatic N) is 2. The molecule has 16 heteroatoms. The van der Waals surface area contributed by atoms with Crippen LogP contribution in [0.1, 0.15) is 132 Å². The van der Waals surface area contributed by atoms with E-state index in [1.54, 1.807) is 21.0 Å². The number of amides is 4. The molecule has 8 bridgehead atoms. The van der Waals surface area contributed by atoms with Crippen LogP contribution in [0.2, 0.25) is 0 Å². The van der Waals surface area contributed by atoms with Crippen LogP contribution < -0.4 is 10.6 Å². The Morgan fingerprint density at radius 3 is 1.71 bits per heavy atom. The molecular weight excluding hydrogens is 939 g/mol. The predicted molar refractivity (Wildman–Crippen MR) is 267 cm³/mol. The summed E-state index contributed by atoms with van der Waals surface area (Å²) in [6.45, 7) is 21.2. The van der Waals surface area contributed by atoms with E-state index in [2.05, 4.69) is 41.2 Å². The molecule has 10 aliphatic rings. The molecule has 3 N–H and O–H groups in total. The summed E-state index contributed by atoms with van der Waals surface area (Å²) in [4.78, 5) is 84.3. The monoisotopic (exact) mass is 1020 g/mol. The number of carbonyl (C=O) groups excluding carboxylic acids is 6. The summed E-state index contributed by atoms with van der Waals surface area (Å²) >= 11 is 0. The third kappa shape index (κ3) is 8.68. The van der Waals surface area contributed by atoms with Crippen LogP contribution in [0.5, 0.6) is 0 Å². The zero-order chi connectivity index (χ0) is 52.8. The van der Waals surface area contributed by atoms with Gasteiger partial charge in [-0.3, -0.25) is 29.8 Å². The van der Waals surface area contributed by atoms with E-state index in [0.29, 0.717) is 38.6 Å². The number of ether oxygens (including phenoxy) is 3. The molecule has 6 saturated carbocycles. The van der Waals surface area contributed by atoms with Gasteiger partial charge in [0.25, 0.3) is 0 Å². The largest absolute Gasteiger partial charge is 0.445 e. The number of alkyl carbamates (subject to hydrolysis) is 2. The number of fused-ring (bicyclic) bond motifs is 4. The van der Waals surface area contributed by atoms with Crippen LogP contribution in [-0.2, 0) is 33.4 Å². The second-order valence-electron chi connectivity index (χ2n) is 26.1. The number of Topliss-reactive ketones (excluding diaryl/α,β-unsaturated/α-hetero) is 2. The Balaban J connectivity index is 0.000000180. The summed E-state index contributed by atoms with van der Waals surface area (Å²) < 4.78 is 45.6. The highest BCUT2D eigenvalue weighted by molar-refractivity contribution is 5.95. The zero-order valence-electron chi connectivity index (χ0n) is 44.9. The summed E-state index contributed by atoms with van der Waals surface area (Å²) in [6.07, 6.45) is 8.19. The smallest absolute Gasteiger partial charge is 0.414 e. The van der Waals surface area contributed by atoms with Gasteiger partial charge in [-0.1, -0.05) is 48.5 Å². The van der Waals surface area contributed by atoms with Crippen LogP contribution in [0.15, 0.2) is 24.8 Å². The first kappa shape index (κ1) is 54.2. The van der Waals surface area contributed by atoms with Crippen LogP contribution >= 0.6 is 0 Å². The maximum atomic E-state index is 14.0. The van der Waals surface area contributed by atoms with Gasteiger partial charge in [0, 0.05) is 80.1 Å². The molecule has 4 amide bonds. The molecule has 4 saturated heterocycles. The fraction of sp³-hybridized carbons (Fsp3) is 0.825. The molecule has 6 aliphatic carbocycles. The molecule has 4 heterocycles. The van der Waals surface area contributed by atoms with Gasteiger partial charge in [0.05, 0.1) is 42.1 Å². The molecule has 10 fully saturated rings. The fourth-order valence-corrected chi connectivity index (χ4v) is 18.4. The number of aliphatic hydroxyl groups excluding tert-OH is 1. The van der Waals surface area contributed by atoms with Crippen LogP contribution in [0.25, 0.3) is 0 Å². The lowest BCUT2D eigenvalue weighted by Gasteiger charge is -2.61. The number of aliphatic hydroxyl groups is 1. The van der Waals surface area contributed by atoms with Gasteiger partial charge in [0.2, 0.25) is 11.8 Å². The van der Waals surface area contributed by atoms with Gasteiger partial charge in [-0.15, -0.1) is 0 Å². The van der Waals surface area contributed by atoms with Gasteiger partial charge < -0.3 is 29.1 Å². The minimum absolute atomic E-state index is 0.0125. The van der Waals surface area contributed by atoms with Crippen molar-refractivity contribution in [3.8, 4) is 0 Å². The maximum absolute atomic E-state index is 14.0. The molecule has 406 valence electrons. The average molecular weight is 1020 g/mol. The molecule has 14 nitrogen and oxygen atoms in total. The maximum Gasteiger partial charge on any atom is 0.414 e. The Morgan fingerprint density at radius 2 is 1.21 bits per heavy atom. The number of imide groups is 2. The van der Waals surface area contributed by atoms with Crippen LogP contribution in [0, 0.1) is 91.7 Å². The fourth-order valence-electron chi connectivity index (χ4n) is 18.4. The molecular formula is C57H84F2N4O10.